The Balaban J connectivity index is 1.55. The number of hydrogen-bond acceptors (Lipinski definition) is 3. The van der Waals surface area contributed by atoms with Gasteiger partial charge in [-0.25, -0.2) is 4.79 Å². The molecule has 130 valence electrons. The number of nitrogens with zero attached hydrogens (tertiary/aromatic N) is 1. The average molecular weight is 339 g/mol. The van der Waals surface area contributed by atoms with E-state index in [1.54, 1.807) is 17.0 Å². The fourth-order valence-corrected chi connectivity index (χ4v) is 2.72. The van der Waals surface area contributed by atoms with Crippen molar-refractivity contribution in [1.82, 2.24) is 5.32 Å². The zero-order chi connectivity index (χ0) is 17.6. The third-order valence-electron chi connectivity index (χ3n) is 4.03. The maximum absolute atomic E-state index is 12.1. The Kier molecular flexibility index (Phi) is 5.18. The van der Waals surface area contributed by atoms with Crippen molar-refractivity contribution in [3.63, 3.8) is 0 Å². The molecule has 3 amide bonds. The molecule has 0 spiro atoms. The Morgan fingerprint density at radius 2 is 1.96 bits per heavy atom. The minimum Gasteiger partial charge on any atom is -0.483 e. The van der Waals surface area contributed by atoms with Gasteiger partial charge in [0.15, 0.2) is 6.61 Å². The van der Waals surface area contributed by atoms with Crippen molar-refractivity contribution in [3.8, 4) is 5.75 Å². The number of ether oxygens (including phenoxy) is 1. The Hall–Kier alpha value is -3.02. The molecule has 1 aliphatic rings. The van der Waals surface area contributed by atoms with Crippen LogP contribution in [0, 0.1) is 0 Å². The smallest absolute Gasteiger partial charge is 0.321 e. The van der Waals surface area contributed by atoms with Gasteiger partial charge in [-0.05, 0) is 42.3 Å². The zero-order valence-corrected chi connectivity index (χ0v) is 14.1. The van der Waals surface area contributed by atoms with E-state index in [2.05, 4.69) is 10.6 Å². The van der Waals surface area contributed by atoms with Gasteiger partial charge in [0.2, 0.25) is 0 Å². The lowest BCUT2D eigenvalue weighted by atomic mass is 10.1. The number of aryl methyl sites for hydroxylation is 1. The van der Waals surface area contributed by atoms with Crippen molar-refractivity contribution in [2.75, 3.05) is 29.9 Å². The number of amides is 3. The minimum atomic E-state index is -0.224. The van der Waals surface area contributed by atoms with E-state index in [0.29, 0.717) is 18.8 Å². The number of urea groups is 1. The topological polar surface area (TPSA) is 70.7 Å². The van der Waals surface area contributed by atoms with Gasteiger partial charge in [0.25, 0.3) is 5.91 Å². The van der Waals surface area contributed by atoms with Crippen LogP contribution in [0.5, 0.6) is 5.75 Å². The summed E-state index contributed by atoms with van der Waals surface area (Å²) in [5.41, 5.74) is 2.55. The molecule has 0 unspecified atom stereocenters. The molecule has 1 fully saturated rings. The fraction of sp³-hybridized carbons (Fsp3) is 0.263. The van der Waals surface area contributed by atoms with Crippen LogP contribution in [0.2, 0.25) is 0 Å². The molecule has 2 aromatic carbocycles. The first-order valence-electron chi connectivity index (χ1n) is 8.33. The highest BCUT2D eigenvalue weighted by Crippen LogP contribution is 2.20. The van der Waals surface area contributed by atoms with E-state index in [1.165, 1.54) is 0 Å². The van der Waals surface area contributed by atoms with E-state index in [9.17, 15) is 9.59 Å². The maximum Gasteiger partial charge on any atom is 0.321 e. The van der Waals surface area contributed by atoms with Crippen LogP contribution in [0.4, 0.5) is 16.2 Å². The fourth-order valence-electron chi connectivity index (χ4n) is 2.72. The highest BCUT2D eigenvalue weighted by Gasteiger charge is 2.20. The lowest BCUT2D eigenvalue weighted by Crippen LogP contribution is -2.27. The van der Waals surface area contributed by atoms with Crippen LogP contribution in [0.25, 0.3) is 0 Å². The highest BCUT2D eigenvalue weighted by molar-refractivity contribution is 5.95. The summed E-state index contributed by atoms with van der Waals surface area (Å²) in [5, 5.41) is 5.55. The monoisotopic (exact) mass is 339 g/mol. The maximum atomic E-state index is 12.1. The summed E-state index contributed by atoms with van der Waals surface area (Å²) in [5.74, 6) is 0.508. The van der Waals surface area contributed by atoms with Crippen LogP contribution < -0.4 is 20.3 Å². The van der Waals surface area contributed by atoms with Gasteiger partial charge in [0.1, 0.15) is 5.75 Å². The standard InChI is InChI=1S/C19H21N3O3/c1-2-14-5-3-4-6-17(14)25-13-18(23)21-15-7-9-16(10-8-15)22-12-11-20-19(22)24/h3-10H,2,11-13H2,1H3,(H,20,24)(H,21,23). The molecule has 1 heterocycles. The Morgan fingerprint density at radius 1 is 1.20 bits per heavy atom. The van der Waals surface area contributed by atoms with Gasteiger partial charge < -0.3 is 15.4 Å². The van der Waals surface area contributed by atoms with Crippen LogP contribution in [-0.4, -0.2) is 31.6 Å². The lowest BCUT2D eigenvalue weighted by Gasteiger charge is -2.15. The summed E-state index contributed by atoms with van der Waals surface area (Å²) in [6, 6.07) is 14.8. The van der Waals surface area contributed by atoms with Gasteiger partial charge in [0, 0.05) is 24.5 Å². The number of carbonyl (C=O) groups is 2. The van der Waals surface area contributed by atoms with Crippen molar-refractivity contribution >= 4 is 23.3 Å². The first-order chi connectivity index (χ1) is 12.2. The quantitative estimate of drug-likeness (QED) is 0.850. The van der Waals surface area contributed by atoms with Gasteiger partial charge in [-0.2, -0.15) is 0 Å². The SMILES string of the molecule is CCc1ccccc1OCC(=O)Nc1ccc(N2CCNC2=O)cc1. The third kappa shape index (κ3) is 4.09. The van der Waals surface area contributed by atoms with Crippen LogP contribution in [0.1, 0.15) is 12.5 Å². The average Bonchev–Trinajstić information content (AvgIpc) is 3.07. The first-order valence-corrected chi connectivity index (χ1v) is 8.33. The van der Waals surface area contributed by atoms with Crippen LogP contribution >= 0.6 is 0 Å². The summed E-state index contributed by atoms with van der Waals surface area (Å²) >= 11 is 0. The normalized spacial score (nSPS) is 13.5. The van der Waals surface area contributed by atoms with E-state index < -0.39 is 0 Å². The highest BCUT2D eigenvalue weighted by atomic mass is 16.5. The van der Waals surface area contributed by atoms with Crippen LogP contribution in [0.15, 0.2) is 48.5 Å². The van der Waals surface area contributed by atoms with Crippen LogP contribution in [0.3, 0.4) is 0 Å². The van der Waals surface area contributed by atoms with E-state index in [4.69, 9.17) is 4.74 Å². The predicted molar refractivity (Wildman–Crippen MR) is 97.1 cm³/mol. The van der Waals surface area contributed by atoms with E-state index >= 15 is 0 Å². The summed E-state index contributed by atoms with van der Waals surface area (Å²) in [7, 11) is 0. The van der Waals surface area contributed by atoms with E-state index in [-0.39, 0.29) is 18.5 Å². The van der Waals surface area contributed by atoms with E-state index in [0.717, 1.165) is 23.4 Å². The van der Waals surface area contributed by atoms with Gasteiger partial charge in [-0.3, -0.25) is 9.69 Å². The van der Waals surface area contributed by atoms with Crippen molar-refractivity contribution in [1.29, 1.82) is 0 Å². The number of anilines is 2. The van der Waals surface area contributed by atoms with Crippen LogP contribution in [-0.2, 0) is 11.2 Å². The van der Waals surface area contributed by atoms with Crippen molar-refractivity contribution in [2.24, 2.45) is 0 Å². The number of carbonyl (C=O) groups excluding carboxylic acids is 2. The molecule has 6 heteroatoms. The van der Waals surface area contributed by atoms with Crippen molar-refractivity contribution in [3.05, 3.63) is 54.1 Å². The summed E-state index contributed by atoms with van der Waals surface area (Å²) < 4.78 is 5.61. The number of hydrogen-bond donors (Lipinski definition) is 2. The molecule has 0 aromatic heterocycles. The van der Waals surface area contributed by atoms with Crippen molar-refractivity contribution in [2.45, 2.75) is 13.3 Å². The zero-order valence-electron chi connectivity index (χ0n) is 14.1. The number of rotatable bonds is 6. The Bertz CT molecular complexity index is 759. The molecule has 0 radical (unpaired) electrons. The first kappa shape index (κ1) is 16.8. The number of benzene rings is 2. The van der Waals surface area contributed by atoms with E-state index in [1.807, 2.05) is 43.3 Å². The second-order valence-electron chi connectivity index (χ2n) is 5.73. The molecule has 25 heavy (non-hydrogen) atoms. The second kappa shape index (κ2) is 7.70. The molecule has 3 rings (SSSR count). The Labute approximate surface area is 146 Å². The molecular weight excluding hydrogens is 318 g/mol. The molecule has 1 aliphatic heterocycles. The molecule has 0 atom stereocenters. The second-order valence-corrected chi connectivity index (χ2v) is 5.73. The molecule has 2 N–H and O–H groups in total. The summed E-state index contributed by atoms with van der Waals surface area (Å²) in [6.45, 7) is 3.29. The van der Waals surface area contributed by atoms with Gasteiger partial charge >= 0.3 is 6.03 Å². The minimum absolute atomic E-state index is 0.0483. The summed E-state index contributed by atoms with van der Waals surface area (Å²) in [4.78, 5) is 25.4. The molecule has 0 aliphatic carbocycles. The molecule has 0 bridgehead atoms. The number of nitrogens with one attached hydrogen (secondary N) is 2. The van der Waals surface area contributed by atoms with Crippen molar-refractivity contribution < 1.29 is 14.3 Å². The molecule has 1 saturated heterocycles. The van der Waals surface area contributed by atoms with Gasteiger partial charge in [-0.1, -0.05) is 25.1 Å². The molecule has 6 nitrogen and oxygen atoms in total. The third-order valence-corrected chi connectivity index (χ3v) is 4.03. The number of para-hydroxylation sites is 1. The molecule has 0 saturated carbocycles. The molecular formula is C19H21N3O3. The molecule has 2 aromatic rings. The Morgan fingerprint density at radius 3 is 2.64 bits per heavy atom. The largest absolute Gasteiger partial charge is 0.483 e. The lowest BCUT2D eigenvalue weighted by molar-refractivity contribution is -0.118. The predicted octanol–water partition coefficient (Wildman–Crippen LogP) is 2.80. The summed E-state index contributed by atoms with van der Waals surface area (Å²) in [6.07, 6.45) is 0.851. The van der Waals surface area contributed by atoms with Gasteiger partial charge in [0.05, 0.1) is 0 Å². The van der Waals surface area contributed by atoms with Gasteiger partial charge in [-0.15, -0.1) is 0 Å².